The van der Waals surface area contributed by atoms with Crippen molar-refractivity contribution in [1.82, 2.24) is 14.9 Å². The summed E-state index contributed by atoms with van der Waals surface area (Å²) in [5, 5.41) is 5.98. The summed E-state index contributed by atoms with van der Waals surface area (Å²) in [6.07, 6.45) is 0.783. The molecule has 2 aromatic heterocycles. The van der Waals surface area contributed by atoms with Gasteiger partial charge in [-0.3, -0.25) is 4.79 Å². The number of carbonyl (C=O) groups is 1. The molecular formula is C22H27N3O3S. The minimum Gasteiger partial charge on any atom is -0.385 e. The quantitative estimate of drug-likeness (QED) is 0.510. The summed E-state index contributed by atoms with van der Waals surface area (Å²) in [5.74, 6) is -0.0745. The third-order valence-corrected chi connectivity index (χ3v) is 5.62. The average molecular weight is 414 g/mol. The van der Waals surface area contributed by atoms with E-state index in [0.717, 1.165) is 34.1 Å². The first-order valence-corrected chi connectivity index (χ1v) is 10.5. The van der Waals surface area contributed by atoms with Crippen LogP contribution in [0.5, 0.6) is 0 Å². The van der Waals surface area contributed by atoms with E-state index in [1.807, 2.05) is 36.6 Å². The number of nitrogens with zero attached hydrogens (tertiary/aromatic N) is 2. The van der Waals surface area contributed by atoms with Gasteiger partial charge in [0.1, 0.15) is 5.01 Å². The van der Waals surface area contributed by atoms with Crippen LogP contribution in [-0.2, 0) is 16.0 Å². The fraction of sp³-hybridized carbons (Fsp3) is 0.364. The first-order chi connectivity index (χ1) is 14.2. The Kier molecular flexibility index (Phi) is 7.57. The average Bonchev–Trinajstić information content (AvgIpc) is 3.35. The second kappa shape index (κ2) is 10.3. The van der Waals surface area contributed by atoms with E-state index in [0.29, 0.717) is 31.9 Å². The maximum atomic E-state index is 12.7. The molecule has 0 unspecified atom stereocenters. The Balaban J connectivity index is 1.89. The van der Waals surface area contributed by atoms with E-state index in [2.05, 4.69) is 22.0 Å². The molecule has 0 radical (unpaired) electrons. The van der Waals surface area contributed by atoms with Crippen molar-refractivity contribution in [3.63, 3.8) is 0 Å². The zero-order chi connectivity index (χ0) is 20.6. The SMILES string of the molecule is COCCCNC(=O)c1cc(-c2csc(-c3ccccc3)n2)n(CCOC)c1C. The Labute approximate surface area is 175 Å². The van der Waals surface area contributed by atoms with Crippen LogP contribution in [0.3, 0.4) is 0 Å². The van der Waals surface area contributed by atoms with Gasteiger partial charge >= 0.3 is 0 Å². The van der Waals surface area contributed by atoms with Gasteiger partial charge in [0.25, 0.3) is 5.91 Å². The zero-order valence-corrected chi connectivity index (χ0v) is 17.9. The molecule has 0 aliphatic carbocycles. The number of benzene rings is 1. The van der Waals surface area contributed by atoms with E-state index in [4.69, 9.17) is 14.5 Å². The molecule has 29 heavy (non-hydrogen) atoms. The summed E-state index contributed by atoms with van der Waals surface area (Å²) in [4.78, 5) is 17.5. The monoisotopic (exact) mass is 413 g/mol. The number of aromatic nitrogens is 2. The minimum absolute atomic E-state index is 0.0745. The lowest BCUT2D eigenvalue weighted by molar-refractivity contribution is 0.0947. The van der Waals surface area contributed by atoms with Crippen molar-refractivity contribution in [2.75, 3.05) is 34.0 Å². The number of amides is 1. The van der Waals surface area contributed by atoms with E-state index in [1.54, 1.807) is 25.6 Å². The molecule has 3 aromatic rings. The maximum absolute atomic E-state index is 12.7. The van der Waals surface area contributed by atoms with E-state index >= 15 is 0 Å². The smallest absolute Gasteiger partial charge is 0.253 e. The highest BCUT2D eigenvalue weighted by Crippen LogP contribution is 2.31. The second-order valence-corrected chi connectivity index (χ2v) is 7.54. The van der Waals surface area contributed by atoms with Gasteiger partial charge in [-0.05, 0) is 19.4 Å². The van der Waals surface area contributed by atoms with Crippen molar-refractivity contribution < 1.29 is 14.3 Å². The molecule has 3 rings (SSSR count). The molecular weight excluding hydrogens is 386 g/mol. The predicted octanol–water partition coefficient (Wildman–Crippen LogP) is 4.00. The second-order valence-electron chi connectivity index (χ2n) is 6.68. The van der Waals surface area contributed by atoms with Crippen LogP contribution in [0.15, 0.2) is 41.8 Å². The topological polar surface area (TPSA) is 65.4 Å². The number of hydrogen-bond acceptors (Lipinski definition) is 5. The molecule has 1 amide bonds. The molecule has 0 atom stereocenters. The number of thiazole rings is 1. The Morgan fingerprint density at radius 3 is 2.66 bits per heavy atom. The van der Waals surface area contributed by atoms with Gasteiger partial charge in [-0.25, -0.2) is 4.98 Å². The summed E-state index contributed by atoms with van der Waals surface area (Å²) in [6, 6.07) is 12.0. The molecule has 6 nitrogen and oxygen atoms in total. The third-order valence-electron chi connectivity index (χ3n) is 4.73. The first kappa shape index (κ1) is 21.2. The van der Waals surface area contributed by atoms with Crippen molar-refractivity contribution in [1.29, 1.82) is 0 Å². The number of ether oxygens (including phenoxy) is 2. The molecule has 1 aromatic carbocycles. The molecule has 7 heteroatoms. The highest BCUT2D eigenvalue weighted by molar-refractivity contribution is 7.13. The van der Waals surface area contributed by atoms with Gasteiger partial charge in [0.05, 0.1) is 23.6 Å². The van der Waals surface area contributed by atoms with Gasteiger partial charge in [0.15, 0.2) is 0 Å². The molecule has 2 heterocycles. The van der Waals surface area contributed by atoms with Gasteiger partial charge in [0, 0.05) is 50.6 Å². The van der Waals surface area contributed by atoms with Crippen molar-refractivity contribution in [3.05, 3.63) is 53.0 Å². The van der Waals surface area contributed by atoms with Crippen molar-refractivity contribution in [2.45, 2.75) is 19.9 Å². The van der Waals surface area contributed by atoms with Crippen LogP contribution in [0.1, 0.15) is 22.5 Å². The van der Waals surface area contributed by atoms with Crippen LogP contribution in [-0.4, -0.2) is 49.4 Å². The van der Waals surface area contributed by atoms with Crippen LogP contribution >= 0.6 is 11.3 Å². The van der Waals surface area contributed by atoms with Gasteiger partial charge in [-0.1, -0.05) is 30.3 Å². The lowest BCUT2D eigenvalue weighted by Gasteiger charge is -2.10. The van der Waals surface area contributed by atoms with Crippen LogP contribution in [0.4, 0.5) is 0 Å². The molecule has 0 saturated carbocycles. The van der Waals surface area contributed by atoms with Crippen LogP contribution < -0.4 is 5.32 Å². The van der Waals surface area contributed by atoms with E-state index in [9.17, 15) is 4.79 Å². The van der Waals surface area contributed by atoms with E-state index in [1.165, 1.54) is 0 Å². The fourth-order valence-electron chi connectivity index (χ4n) is 3.18. The minimum atomic E-state index is -0.0745. The fourth-order valence-corrected chi connectivity index (χ4v) is 4.00. The highest BCUT2D eigenvalue weighted by atomic mass is 32.1. The Bertz CT molecular complexity index is 934. The summed E-state index contributed by atoms with van der Waals surface area (Å²) in [6.45, 7) is 4.40. The zero-order valence-electron chi connectivity index (χ0n) is 17.1. The summed E-state index contributed by atoms with van der Waals surface area (Å²) < 4.78 is 12.4. The van der Waals surface area contributed by atoms with Crippen LogP contribution in [0, 0.1) is 6.92 Å². The maximum Gasteiger partial charge on any atom is 0.253 e. The van der Waals surface area contributed by atoms with Gasteiger partial charge < -0.3 is 19.4 Å². The molecule has 0 bridgehead atoms. The summed E-state index contributed by atoms with van der Waals surface area (Å²) in [5.41, 5.74) is 4.47. The Hall–Kier alpha value is -2.48. The van der Waals surface area contributed by atoms with E-state index < -0.39 is 0 Å². The predicted molar refractivity (Wildman–Crippen MR) is 116 cm³/mol. The van der Waals surface area contributed by atoms with Crippen molar-refractivity contribution in [2.24, 2.45) is 0 Å². The molecule has 0 spiro atoms. The molecule has 0 fully saturated rings. The number of nitrogens with one attached hydrogen (secondary N) is 1. The lowest BCUT2D eigenvalue weighted by atomic mass is 10.2. The van der Waals surface area contributed by atoms with Crippen LogP contribution in [0.2, 0.25) is 0 Å². The molecule has 154 valence electrons. The molecule has 0 saturated heterocycles. The van der Waals surface area contributed by atoms with Gasteiger partial charge in [-0.2, -0.15) is 0 Å². The first-order valence-electron chi connectivity index (χ1n) is 9.63. The lowest BCUT2D eigenvalue weighted by Crippen LogP contribution is -2.25. The van der Waals surface area contributed by atoms with E-state index in [-0.39, 0.29) is 5.91 Å². The highest BCUT2D eigenvalue weighted by Gasteiger charge is 2.20. The largest absolute Gasteiger partial charge is 0.385 e. The normalized spacial score (nSPS) is 11.0. The summed E-state index contributed by atoms with van der Waals surface area (Å²) in [7, 11) is 3.34. The number of carbonyl (C=O) groups excluding carboxylic acids is 1. The Morgan fingerprint density at radius 1 is 1.17 bits per heavy atom. The van der Waals surface area contributed by atoms with Crippen molar-refractivity contribution >= 4 is 17.2 Å². The van der Waals surface area contributed by atoms with Crippen LogP contribution in [0.25, 0.3) is 22.0 Å². The third kappa shape index (κ3) is 5.12. The summed E-state index contributed by atoms with van der Waals surface area (Å²) >= 11 is 1.60. The molecule has 1 N–H and O–H groups in total. The number of hydrogen-bond donors (Lipinski definition) is 1. The van der Waals surface area contributed by atoms with Crippen molar-refractivity contribution in [3.8, 4) is 22.0 Å². The Morgan fingerprint density at radius 2 is 1.93 bits per heavy atom. The van der Waals surface area contributed by atoms with Gasteiger partial charge in [0.2, 0.25) is 0 Å². The van der Waals surface area contributed by atoms with Gasteiger partial charge in [-0.15, -0.1) is 11.3 Å². The number of methoxy groups -OCH3 is 2. The molecule has 0 aliphatic rings. The standard InChI is InChI=1S/C22H27N3O3S/c1-16-18(21(26)23-10-7-12-27-2)14-20(25(16)11-13-28-3)19-15-29-22(24-19)17-8-5-4-6-9-17/h4-6,8-9,14-15H,7,10-13H2,1-3H3,(H,23,26). The number of rotatable bonds is 10. The molecule has 0 aliphatic heterocycles.